The summed E-state index contributed by atoms with van der Waals surface area (Å²) < 4.78 is 75.3. The van der Waals surface area contributed by atoms with E-state index in [-0.39, 0.29) is 15.7 Å². The Labute approximate surface area is 304 Å². The van der Waals surface area contributed by atoms with Gasteiger partial charge in [-0.1, -0.05) is 102 Å². The van der Waals surface area contributed by atoms with Gasteiger partial charge in [0.1, 0.15) is 22.3 Å². The van der Waals surface area contributed by atoms with Crippen molar-refractivity contribution < 1.29 is 49.4 Å². The molecule has 0 atom stereocenters. The van der Waals surface area contributed by atoms with Crippen LogP contribution < -0.4 is 9.65 Å². The molecule has 0 aliphatic rings. The van der Waals surface area contributed by atoms with E-state index in [2.05, 4.69) is 22.4 Å². The van der Waals surface area contributed by atoms with E-state index in [1.165, 1.54) is 41.5 Å². The fourth-order valence-electron chi connectivity index (χ4n) is 5.29. The lowest BCUT2D eigenvalue weighted by Crippen LogP contribution is -2.29. The third-order valence-corrected chi connectivity index (χ3v) is 8.98. The lowest BCUT2D eigenvalue weighted by molar-refractivity contribution is -0.0499. The minimum absolute atomic E-state index is 0. The Kier molecular flexibility index (Phi) is 11.5. The van der Waals surface area contributed by atoms with E-state index in [4.69, 9.17) is 42.1 Å². The van der Waals surface area contributed by atoms with Gasteiger partial charge >= 0.3 is 22.7 Å². The number of hydrogen-bond acceptors (Lipinski definition) is 7. The van der Waals surface area contributed by atoms with E-state index < -0.39 is 28.5 Å². The molecule has 0 fully saturated rings. The second-order valence-corrected chi connectivity index (χ2v) is 13.3. The summed E-state index contributed by atoms with van der Waals surface area (Å²) in [6, 6.07) is 39.4. The molecule has 7 nitrogen and oxygen atoms in total. The highest BCUT2D eigenvalue weighted by molar-refractivity contribution is 7.88. The van der Waals surface area contributed by atoms with Crippen LogP contribution in [0.25, 0.3) is 55.0 Å². The molecular formula is C37H25BCl2F4O7S. The van der Waals surface area contributed by atoms with Gasteiger partial charge in [0.15, 0.2) is 5.75 Å². The van der Waals surface area contributed by atoms with Crippen LogP contribution in [0.5, 0.6) is 5.75 Å². The van der Waals surface area contributed by atoms with Gasteiger partial charge in [-0.25, -0.2) is 0 Å². The van der Waals surface area contributed by atoms with Gasteiger partial charge < -0.3 is 23.1 Å². The van der Waals surface area contributed by atoms with Crippen molar-refractivity contribution in [2.24, 2.45) is 0 Å². The summed E-state index contributed by atoms with van der Waals surface area (Å²) in [5, 5.41) is 21.0. The molecule has 52 heavy (non-hydrogen) atoms. The highest BCUT2D eigenvalue weighted by Gasteiger charge is 2.48. The van der Waals surface area contributed by atoms with Gasteiger partial charge in [-0.05, 0) is 59.1 Å². The Bertz CT molecular complexity index is 2580. The second-order valence-electron chi connectivity index (χ2n) is 10.9. The zero-order chi connectivity index (χ0) is 36.3. The van der Waals surface area contributed by atoms with Crippen molar-refractivity contribution >= 4 is 89.8 Å². The number of fused-ring (bicyclic) bond motifs is 6. The van der Waals surface area contributed by atoms with Crippen LogP contribution in [0.3, 0.4) is 0 Å². The van der Waals surface area contributed by atoms with Crippen molar-refractivity contribution in [1.29, 1.82) is 0 Å². The minimum Gasteiger partial charge on any atom is -0.456 e. The van der Waals surface area contributed by atoms with E-state index in [9.17, 15) is 21.6 Å². The van der Waals surface area contributed by atoms with E-state index in [1.54, 1.807) is 24.3 Å². The Morgan fingerprint density at radius 1 is 0.615 bits per heavy atom. The lowest BCUT2D eigenvalue weighted by atomic mass is 9.81. The largest absolute Gasteiger partial charge is 0.534 e. The number of furan rings is 2. The summed E-state index contributed by atoms with van der Waals surface area (Å²) in [6.07, 6.45) is 0. The Morgan fingerprint density at radius 2 is 1.12 bits per heavy atom. The first kappa shape index (κ1) is 38.2. The summed E-state index contributed by atoms with van der Waals surface area (Å²) in [6.45, 7) is 0. The van der Waals surface area contributed by atoms with Crippen LogP contribution in [0.2, 0.25) is 10.0 Å². The van der Waals surface area contributed by atoms with Crippen molar-refractivity contribution in [2.45, 2.75) is 5.51 Å². The normalized spacial score (nSPS) is 11.4. The predicted octanol–water partition coefficient (Wildman–Crippen LogP) is 9.89. The first-order chi connectivity index (χ1) is 24.3. The number of benzene rings is 6. The van der Waals surface area contributed by atoms with E-state index in [0.717, 1.165) is 28.0 Å². The Balaban J connectivity index is 0.000000161. The zero-order valence-electron chi connectivity index (χ0n) is 26.4. The Hall–Kier alpha value is -5.05. The van der Waals surface area contributed by atoms with Crippen molar-refractivity contribution in [3.8, 4) is 16.9 Å². The second kappa shape index (κ2) is 15.7. The van der Waals surface area contributed by atoms with Gasteiger partial charge in [0.05, 0.1) is 5.39 Å². The molecular weight excluding hydrogens is 746 g/mol. The van der Waals surface area contributed by atoms with E-state index in [1.807, 2.05) is 54.6 Å². The van der Waals surface area contributed by atoms with Crippen molar-refractivity contribution in [3.63, 3.8) is 0 Å². The van der Waals surface area contributed by atoms with Crippen LogP contribution in [0.4, 0.5) is 17.9 Å². The summed E-state index contributed by atoms with van der Waals surface area (Å²) in [5.74, 6) is -0.462. The summed E-state index contributed by atoms with van der Waals surface area (Å²) in [5.41, 5.74) is -0.398. The SMILES string of the molecule is Clc1ccc2c(c1)oc1cccc(-c3ccccc3)c12.F.O=S(=O)(Oc1cccc2oc3cc(Cl)ccc3c12)C(F)(F)F.OB(O)c1ccccc1. The summed E-state index contributed by atoms with van der Waals surface area (Å²) in [7, 11) is -7.11. The molecule has 0 spiro atoms. The average molecular weight is 771 g/mol. The van der Waals surface area contributed by atoms with Crippen molar-refractivity contribution in [2.75, 3.05) is 0 Å². The standard InChI is InChI=1S/C18H11ClO.C13H6ClF3O4S.C6H7BO2.FH/c19-13-9-10-15-17(11-13)20-16-8-4-7-14(18(15)16)12-5-2-1-3-6-12;14-7-4-5-8-11(6-7)20-9-2-1-3-10(12(8)9)21-22(18,19)13(15,16)17;8-7(9)6-4-2-1-3-5-6;/h1-11H;1-6H;1-5,8-9H;1H. The van der Waals surface area contributed by atoms with E-state index in [0.29, 0.717) is 26.5 Å². The third kappa shape index (κ3) is 8.19. The Morgan fingerprint density at radius 3 is 1.63 bits per heavy atom. The highest BCUT2D eigenvalue weighted by Crippen LogP contribution is 2.39. The van der Waals surface area contributed by atoms with Crippen LogP contribution >= 0.6 is 23.2 Å². The van der Waals surface area contributed by atoms with Crippen LogP contribution in [-0.2, 0) is 10.1 Å². The third-order valence-electron chi connectivity index (χ3n) is 7.55. The average Bonchev–Trinajstić information content (AvgIpc) is 3.66. The van der Waals surface area contributed by atoms with Crippen molar-refractivity contribution in [3.05, 3.63) is 144 Å². The van der Waals surface area contributed by atoms with E-state index >= 15 is 0 Å². The van der Waals surface area contributed by atoms with Gasteiger partial charge in [-0.3, -0.25) is 4.70 Å². The molecule has 8 aromatic rings. The topological polar surface area (TPSA) is 110 Å². The molecule has 2 heterocycles. The first-order valence-corrected chi connectivity index (χ1v) is 17.2. The van der Waals surface area contributed by atoms with Gasteiger partial charge in [-0.15, -0.1) is 0 Å². The predicted molar refractivity (Wildman–Crippen MR) is 197 cm³/mol. The quantitative estimate of drug-likeness (QED) is 0.0794. The van der Waals surface area contributed by atoms with Crippen molar-refractivity contribution in [1.82, 2.24) is 0 Å². The molecule has 0 amide bonds. The van der Waals surface area contributed by atoms with Gasteiger partial charge in [0.2, 0.25) is 0 Å². The fourth-order valence-corrected chi connectivity index (χ4v) is 6.08. The molecule has 0 saturated heterocycles. The number of alkyl halides is 3. The molecule has 0 saturated carbocycles. The van der Waals surface area contributed by atoms with Crippen LogP contribution in [-0.4, -0.2) is 31.1 Å². The molecule has 0 bridgehead atoms. The number of halogens is 6. The summed E-state index contributed by atoms with van der Waals surface area (Å²) in [4.78, 5) is 0. The van der Waals surface area contributed by atoms with Gasteiger partial charge in [0.25, 0.3) is 0 Å². The monoisotopic (exact) mass is 770 g/mol. The minimum atomic E-state index is -5.76. The molecule has 15 heteroatoms. The molecule has 2 N–H and O–H groups in total. The molecule has 0 unspecified atom stereocenters. The van der Waals surface area contributed by atoms with Gasteiger partial charge in [-0.2, -0.15) is 21.6 Å². The molecule has 8 rings (SSSR count). The molecule has 266 valence electrons. The maximum atomic E-state index is 12.5. The molecule has 0 aliphatic heterocycles. The number of hydrogen-bond donors (Lipinski definition) is 2. The molecule has 2 aromatic heterocycles. The van der Waals surface area contributed by atoms with Gasteiger partial charge in [0, 0.05) is 38.3 Å². The molecule has 0 aliphatic carbocycles. The maximum absolute atomic E-state index is 12.5. The fraction of sp³-hybridized carbons (Fsp3) is 0.0270. The number of rotatable bonds is 4. The smallest absolute Gasteiger partial charge is 0.456 e. The molecule has 0 radical (unpaired) electrons. The first-order valence-electron chi connectivity index (χ1n) is 15.0. The van der Waals surface area contributed by atoms with Crippen LogP contribution in [0, 0.1) is 0 Å². The summed E-state index contributed by atoms with van der Waals surface area (Å²) >= 11 is 11.9. The molecule has 6 aromatic carbocycles. The van der Waals surface area contributed by atoms with Crippen LogP contribution in [0.1, 0.15) is 0 Å². The van der Waals surface area contributed by atoms with Crippen LogP contribution in [0.15, 0.2) is 142 Å². The lowest BCUT2D eigenvalue weighted by Gasteiger charge is -2.09. The highest BCUT2D eigenvalue weighted by atomic mass is 35.5. The zero-order valence-corrected chi connectivity index (χ0v) is 28.7. The maximum Gasteiger partial charge on any atom is 0.534 e.